The second-order valence-corrected chi connectivity index (χ2v) is 6.13. The molecule has 0 amide bonds. The Morgan fingerprint density at radius 1 is 1.40 bits per heavy atom. The van der Waals surface area contributed by atoms with Gasteiger partial charge in [-0.05, 0) is 18.6 Å². The van der Waals surface area contributed by atoms with Crippen molar-refractivity contribution in [1.82, 2.24) is 19.9 Å². The largest absolute Gasteiger partial charge is 0.263 e. The number of aromatic nitrogens is 3. The third-order valence-electron chi connectivity index (χ3n) is 2.55. The molecule has 0 atom stereocenters. The van der Waals surface area contributed by atoms with Gasteiger partial charge in [-0.1, -0.05) is 17.7 Å². The topological polar surface area (TPSA) is 87.7 Å². The van der Waals surface area contributed by atoms with Crippen LogP contribution in [0.3, 0.4) is 0 Å². The summed E-state index contributed by atoms with van der Waals surface area (Å²) in [4.78, 5) is 3.46. The number of H-pyrrole nitrogens is 1. The maximum absolute atomic E-state index is 13.7. The number of halogens is 2. The van der Waals surface area contributed by atoms with Gasteiger partial charge in [-0.25, -0.2) is 22.5 Å². The molecule has 0 aliphatic carbocycles. The van der Waals surface area contributed by atoms with Gasteiger partial charge in [0.25, 0.3) is 0 Å². The number of sulfonamides is 1. The van der Waals surface area contributed by atoms with Crippen molar-refractivity contribution in [2.45, 2.75) is 17.7 Å². The number of hydrogen-bond donors (Lipinski definition) is 2. The summed E-state index contributed by atoms with van der Waals surface area (Å²) in [5.41, 5.74) is 0. The molecule has 108 valence electrons. The molecule has 1 heterocycles. The van der Waals surface area contributed by atoms with Crippen LogP contribution in [-0.2, 0) is 16.4 Å². The van der Waals surface area contributed by atoms with Gasteiger partial charge in [0.05, 0.1) is 5.02 Å². The monoisotopic (exact) mass is 318 g/mol. The minimum absolute atomic E-state index is 0.162. The van der Waals surface area contributed by atoms with Gasteiger partial charge >= 0.3 is 0 Å². The van der Waals surface area contributed by atoms with Crippen molar-refractivity contribution in [3.8, 4) is 0 Å². The highest BCUT2D eigenvalue weighted by atomic mass is 35.5. The molecule has 2 N–H and O–H groups in total. The first-order valence-corrected chi connectivity index (χ1v) is 7.65. The lowest BCUT2D eigenvalue weighted by molar-refractivity contribution is 0.555. The number of nitrogens with zero attached hydrogens (tertiary/aromatic N) is 2. The smallest absolute Gasteiger partial charge is 0.243 e. The number of benzene rings is 1. The molecule has 0 saturated carbocycles. The van der Waals surface area contributed by atoms with E-state index in [9.17, 15) is 12.8 Å². The lowest BCUT2D eigenvalue weighted by atomic mass is 10.3. The Balaban J connectivity index is 1.95. The van der Waals surface area contributed by atoms with Crippen molar-refractivity contribution in [2.24, 2.45) is 0 Å². The molecule has 2 aromatic rings. The molecule has 0 radical (unpaired) electrons. The number of aromatic amines is 1. The van der Waals surface area contributed by atoms with Crippen LogP contribution in [-0.4, -0.2) is 30.1 Å². The zero-order valence-electron chi connectivity index (χ0n) is 10.3. The summed E-state index contributed by atoms with van der Waals surface area (Å²) >= 11 is 5.56. The highest BCUT2D eigenvalue weighted by Crippen LogP contribution is 2.21. The van der Waals surface area contributed by atoms with Crippen molar-refractivity contribution in [1.29, 1.82) is 0 Å². The van der Waals surface area contributed by atoms with Crippen LogP contribution in [0.25, 0.3) is 0 Å². The minimum atomic E-state index is -3.91. The molecule has 0 fully saturated rings. The number of hydrogen-bond acceptors (Lipinski definition) is 4. The molecule has 0 saturated heterocycles. The van der Waals surface area contributed by atoms with Crippen LogP contribution < -0.4 is 4.72 Å². The normalized spacial score (nSPS) is 11.7. The van der Waals surface area contributed by atoms with E-state index >= 15 is 0 Å². The Morgan fingerprint density at radius 2 is 2.20 bits per heavy atom. The molecular formula is C11H12ClFN4O2S. The summed E-state index contributed by atoms with van der Waals surface area (Å²) in [5.74, 6) is -0.282. The molecule has 6 nitrogen and oxygen atoms in total. The van der Waals surface area contributed by atoms with Crippen LogP contribution in [0.1, 0.15) is 12.2 Å². The molecule has 0 spiro atoms. The van der Waals surface area contributed by atoms with E-state index in [2.05, 4.69) is 19.9 Å². The standard InChI is InChI=1S/C11H12ClFN4O2S/c12-8-3-1-4-9(11(8)13)20(18,19)16-6-2-5-10-14-7-15-17-10/h1,3-4,7,16H,2,5-6H2,(H,14,15,17). The van der Waals surface area contributed by atoms with Crippen LogP contribution in [0.4, 0.5) is 4.39 Å². The summed E-state index contributed by atoms with van der Waals surface area (Å²) in [7, 11) is -3.91. The van der Waals surface area contributed by atoms with Gasteiger partial charge in [0, 0.05) is 13.0 Å². The van der Waals surface area contributed by atoms with Gasteiger partial charge in [-0.2, -0.15) is 5.10 Å². The van der Waals surface area contributed by atoms with Gasteiger partial charge in [0.15, 0.2) is 5.82 Å². The average Bonchev–Trinajstić information content (AvgIpc) is 2.91. The van der Waals surface area contributed by atoms with Crippen molar-refractivity contribution in [3.05, 3.63) is 41.2 Å². The fourth-order valence-electron chi connectivity index (χ4n) is 1.58. The highest BCUT2D eigenvalue weighted by Gasteiger charge is 2.20. The Kier molecular flexibility index (Phi) is 4.69. The first kappa shape index (κ1) is 14.9. The van der Waals surface area contributed by atoms with Gasteiger partial charge in [0.2, 0.25) is 10.0 Å². The molecule has 0 aliphatic heterocycles. The maximum atomic E-state index is 13.7. The third-order valence-corrected chi connectivity index (χ3v) is 4.32. The SMILES string of the molecule is O=S(=O)(NCCCc1ncn[nH]1)c1cccc(Cl)c1F. The van der Waals surface area contributed by atoms with Crippen LogP contribution >= 0.6 is 11.6 Å². The summed E-state index contributed by atoms with van der Waals surface area (Å²) in [5, 5.41) is 6.12. The molecule has 0 aliphatic rings. The van der Waals surface area contributed by atoms with E-state index in [1.807, 2.05) is 0 Å². The summed E-state index contributed by atoms with van der Waals surface area (Å²) in [6.07, 6.45) is 2.43. The fraction of sp³-hybridized carbons (Fsp3) is 0.273. The van der Waals surface area contributed by atoms with Gasteiger partial charge in [0.1, 0.15) is 17.0 Å². The summed E-state index contributed by atoms with van der Waals surface area (Å²) in [6.45, 7) is 0.162. The van der Waals surface area contributed by atoms with Gasteiger partial charge in [-0.15, -0.1) is 0 Å². The maximum Gasteiger partial charge on any atom is 0.243 e. The Bertz CT molecular complexity index is 676. The Hall–Kier alpha value is -1.51. The zero-order chi connectivity index (χ0) is 14.6. The molecular weight excluding hydrogens is 307 g/mol. The second-order valence-electron chi connectivity index (χ2n) is 3.99. The first-order valence-electron chi connectivity index (χ1n) is 5.78. The average molecular weight is 319 g/mol. The van der Waals surface area contributed by atoms with Crippen LogP contribution in [0, 0.1) is 5.82 Å². The second kappa shape index (κ2) is 6.29. The molecule has 0 unspecified atom stereocenters. The van der Waals surface area contributed by atoms with E-state index in [4.69, 9.17) is 11.6 Å². The van der Waals surface area contributed by atoms with E-state index in [-0.39, 0.29) is 11.6 Å². The Labute approximate surface area is 120 Å². The van der Waals surface area contributed by atoms with E-state index in [1.165, 1.54) is 24.5 Å². The molecule has 0 bridgehead atoms. The number of rotatable bonds is 6. The highest BCUT2D eigenvalue weighted by molar-refractivity contribution is 7.89. The minimum Gasteiger partial charge on any atom is -0.263 e. The quantitative estimate of drug-likeness (QED) is 0.790. The number of nitrogens with one attached hydrogen (secondary N) is 2. The van der Waals surface area contributed by atoms with Crippen LogP contribution in [0.2, 0.25) is 5.02 Å². The number of aryl methyl sites for hydroxylation is 1. The lowest BCUT2D eigenvalue weighted by Gasteiger charge is -2.07. The van der Waals surface area contributed by atoms with Crippen molar-refractivity contribution in [2.75, 3.05) is 6.54 Å². The van der Waals surface area contributed by atoms with E-state index in [0.717, 1.165) is 0 Å². The predicted octanol–water partition coefficient (Wildman–Crippen LogP) is 1.51. The summed E-state index contributed by atoms with van der Waals surface area (Å²) in [6, 6.07) is 3.84. The first-order chi connectivity index (χ1) is 9.50. The molecule has 1 aromatic heterocycles. The van der Waals surface area contributed by atoms with Crippen molar-refractivity contribution < 1.29 is 12.8 Å². The molecule has 1 aromatic carbocycles. The van der Waals surface area contributed by atoms with Crippen molar-refractivity contribution in [3.63, 3.8) is 0 Å². The molecule has 2 rings (SSSR count). The van der Waals surface area contributed by atoms with Gasteiger partial charge in [-0.3, -0.25) is 5.10 Å². The zero-order valence-corrected chi connectivity index (χ0v) is 11.9. The van der Waals surface area contributed by atoms with E-state index in [0.29, 0.717) is 18.7 Å². The Morgan fingerprint density at radius 3 is 2.90 bits per heavy atom. The van der Waals surface area contributed by atoms with Crippen molar-refractivity contribution >= 4 is 21.6 Å². The molecule has 9 heteroatoms. The third kappa shape index (κ3) is 3.53. The van der Waals surface area contributed by atoms with Crippen LogP contribution in [0.5, 0.6) is 0 Å². The lowest BCUT2D eigenvalue weighted by Crippen LogP contribution is -2.26. The molecule has 20 heavy (non-hydrogen) atoms. The van der Waals surface area contributed by atoms with E-state index < -0.39 is 20.7 Å². The fourth-order valence-corrected chi connectivity index (χ4v) is 2.99. The predicted molar refractivity (Wildman–Crippen MR) is 71.3 cm³/mol. The van der Waals surface area contributed by atoms with Gasteiger partial charge < -0.3 is 0 Å². The van der Waals surface area contributed by atoms with Crippen LogP contribution in [0.15, 0.2) is 29.4 Å². The van der Waals surface area contributed by atoms with E-state index in [1.54, 1.807) is 0 Å². The summed E-state index contributed by atoms with van der Waals surface area (Å²) < 4.78 is 39.8.